The van der Waals surface area contributed by atoms with E-state index in [0.717, 1.165) is 23.7 Å². The van der Waals surface area contributed by atoms with Crippen molar-refractivity contribution >= 4 is 16.6 Å². The van der Waals surface area contributed by atoms with Gasteiger partial charge in [0.15, 0.2) is 0 Å². The molecule has 0 aliphatic heterocycles. The van der Waals surface area contributed by atoms with E-state index in [2.05, 4.69) is 4.98 Å². The Bertz CT molecular complexity index is 576. The van der Waals surface area contributed by atoms with E-state index in [1.807, 2.05) is 24.3 Å². The van der Waals surface area contributed by atoms with Crippen LogP contribution in [0.25, 0.3) is 10.9 Å². The van der Waals surface area contributed by atoms with Gasteiger partial charge in [-0.2, -0.15) is 0 Å². The number of rotatable bonds is 2. The van der Waals surface area contributed by atoms with Gasteiger partial charge in [0.05, 0.1) is 10.4 Å². The van der Waals surface area contributed by atoms with Gasteiger partial charge in [-0.25, -0.2) is 4.98 Å². The third kappa shape index (κ3) is 1.43. The minimum atomic E-state index is -0.326. The quantitative estimate of drug-likeness (QED) is 0.570. The topological polar surface area (TPSA) is 56.0 Å². The summed E-state index contributed by atoms with van der Waals surface area (Å²) >= 11 is 0. The molecule has 0 amide bonds. The first-order chi connectivity index (χ1) is 7.75. The summed E-state index contributed by atoms with van der Waals surface area (Å²) in [7, 11) is 0. The molecule has 0 spiro atoms. The van der Waals surface area contributed by atoms with Crippen molar-refractivity contribution in [3.63, 3.8) is 0 Å². The minimum Gasteiger partial charge on any atom is -0.258 e. The second kappa shape index (κ2) is 3.27. The summed E-state index contributed by atoms with van der Waals surface area (Å²) in [6.07, 6.45) is 2.04. The molecule has 1 heterocycles. The number of aromatic nitrogens is 1. The van der Waals surface area contributed by atoms with Crippen molar-refractivity contribution in [2.24, 2.45) is 0 Å². The summed E-state index contributed by atoms with van der Waals surface area (Å²) in [5.41, 5.74) is 1.67. The molecular weight excluding hydrogens is 204 g/mol. The van der Waals surface area contributed by atoms with Gasteiger partial charge in [-0.05, 0) is 18.9 Å². The fraction of sp³-hybridized carbons (Fsp3) is 0.250. The molecule has 0 unspecified atom stereocenters. The van der Waals surface area contributed by atoms with Crippen LogP contribution in [0.5, 0.6) is 0 Å². The van der Waals surface area contributed by atoms with Crippen LogP contribution in [0.15, 0.2) is 30.3 Å². The van der Waals surface area contributed by atoms with Crippen LogP contribution >= 0.6 is 0 Å². The molecule has 0 N–H and O–H groups in total. The van der Waals surface area contributed by atoms with E-state index in [1.165, 1.54) is 0 Å². The molecule has 4 nitrogen and oxygen atoms in total. The average molecular weight is 214 g/mol. The van der Waals surface area contributed by atoms with Crippen LogP contribution in [0.2, 0.25) is 0 Å². The first kappa shape index (κ1) is 9.27. The van der Waals surface area contributed by atoms with E-state index >= 15 is 0 Å². The van der Waals surface area contributed by atoms with E-state index in [4.69, 9.17) is 0 Å². The number of hydrogen-bond donors (Lipinski definition) is 0. The SMILES string of the molecule is O=[N+]([O-])c1cc2ccccc2nc1C1CC1. The summed E-state index contributed by atoms with van der Waals surface area (Å²) in [5, 5.41) is 11.8. The highest BCUT2D eigenvalue weighted by atomic mass is 16.6. The van der Waals surface area contributed by atoms with Gasteiger partial charge < -0.3 is 0 Å². The molecular formula is C12H10N2O2. The Morgan fingerprint density at radius 3 is 2.75 bits per heavy atom. The van der Waals surface area contributed by atoms with Crippen molar-refractivity contribution < 1.29 is 4.92 Å². The molecule has 0 radical (unpaired) electrons. The Morgan fingerprint density at radius 1 is 1.31 bits per heavy atom. The zero-order chi connectivity index (χ0) is 11.1. The predicted octanol–water partition coefficient (Wildman–Crippen LogP) is 3.02. The molecule has 80 valence electrons. The van der Waals surface area contributed by atoms with Crippen molar-refractivity contribution in [2.45, 2.75) is 18.8 Å². The van der Waals surface area contributed by atoms with Gasteiger partial charge in [-0.3, -0.25) is 10.1 Å². The maximum absolute atomic E-state index is 11.0. The zero-order valence-corrected chi connectivity index (χ0v) is 8.59. The zero-order valence-electron chi connectivity index (χ0n) is 8.59. The van der Waals surface area contributed by atoms with Crippen LogP contribution < -0.4 is 0 Å². The van der Waals surface area contributed by atoms with Crippen LogP contribution in [0, 0.1) is 10.1 Å². The number of para-hydroxylation sites is 1. The van der Waals surface area contributed by atoms with Crippen molar-refractivity contribution in [3.05, 3.63) is 46.1 Å². The molecule has 4 heteroatoms. The van der Waals surface area contributed by atoms with Crippen LogP contribution in [0.4, 0.5) is 5.69 Å². The van der Waals surface area contributed by atoms with Gasteiger partial charge in [0.2, 0.25) is 0 Å². The number of hydrogen-bond acceptors (Lipinski definition) is 3. The van der Waals surface area contributed by atoms with E-state index < -0.39 is 0 Å². The summed E-state index contributed by atoms with van der Waals surface area (Å²) in [4.78, 5) is 15.1. The van der Waals surface area contributed by atoms with Crippen molar-refractivity contribution in [2.75, 3.05) is 0 Å². The highest BCUT2D eigenvalue weighted by Crippen LogP contribution is 2.43. The molecule has 2 aromatic rings. The van der Waals surface area contributed by atoms with Crippen molar-refractivity contribution in [1.82, 2.24) is 4.98 Å². The minimum absolute atomic E-state index is 0.168. The molecule has 0 saturated heterocycles. The lowest BCUT2D eigenvalue weighted by atomic mass is 10.1. The van der Waals surface area contributed by atoms with Crippen LogP contribution in [-0.4, -0.2) is 9.91 Å². The third-order valence-corrected chi connectivity index (χ3v) is 2.89. The summed E-state index contributed by atoms with van der Waals surface area (Å²) in [6, 6.07) is 9.15. The number of nitro groups is 1. The van der Waals surface area contributed by atoms with Crippen LogP contribution in [0.3, 0.4) is 0 Å². The molecule has 1 aliphatic carbocycles. The Balaban J connectivity index is 2.28. The fourth-order valence-electron chi connectivity index (χ4n) is 1.92. The van der Waals surface area contributed by atoms with E-state index in [1.54, 1.807) is 6.07 Å². The van der Waals surface area contributed by atoms with Gasteiger partial charge in [0, 0.05) is 17.4 Å². The first-order valence-corrected chi connectivity index (χ1v) is 5.30. The molecule has 3 rings (SSSR count). The largest absolute Gasteiger partial charge is 0.291 e. The molecule has 0 bridgehead atoms. The molecule has 1 saturated carbocycles. The normalized spacial score (nSPS) is 15.2. The highest BCUT2D eigenvalue weighted by molar-refractivity contribution is 5.81. The lowest BCUT2D eigenvalue weighted by Gasteiger charge is -2.02. The smallest absolute Gasteiger partial charge is 0.258 e. The highest BCUT2D eigenvalue weighted by Gasteiger charge is 2.32. The van der Waals surface area contributed by atoms with E-state index in [9.17, 15) is 10.1 Å². The average Bonchev–Trinajstić information content (AvgIpc) is 3.11. The van der Waals surface area contributed by atoms with E-state index in [-0.39, 0.29) is 10.6 Å². The molecule has 0 atom stereocenters. The third-order valence-electron chi connectivity index (χ3n) is 2.89. The molecule has 1 aromatic heterocycles. The van der Waals surface area contributed by atoms with Crippen LogP contribution in [-0.2, 0) is 0 Å². The molecule has 1 aromatic carbocycles. The summed E-state index contributed by atoms with van der Waals surface area (Å²) in [6.45, 7) is 0. The summed E-state index contributed by atoms with van der Waals surface area (Å²) in [5.74, 6) is 0.296. The lowest BCUT2D eigenvalue weighted by Crippen LogP contribution is -1.97. The predicted molar refractivity (Wildman–Crippen MR) is 60.4 cm³/mol. The Labute approximate surface area is 92.1 Å². The van der Waals surface area contributed by atoms with Crippen molar-refractivity contribution in [1.29, 1.82) is 0 Å². The number of nitrogens with zero attached hydrogens (tertiary/aromatic N) is 2. The number of fused-ring (bicyclic) bond motifs is 1. The molecule has 16 heavy (non-hydrogen) atoms. The van der Waals surface area contributed by atoms with Gasteiger partial charge in [0.25, 0.3) is 5.69 Å². The van der Waals surface area contributed by atoms with Gasteiger partial charge >= 0.3 is 0 Å². The standard InChI is InChI=1S/C12H10N2O2/c15-14(16)11-7-9-3-1-2-4-10(9)13-12(11)8-5-6-8/h1-4,7-8H,5-6H2. The maximum Gasteiger partial charge on any atom is 0.291 e. The number of benzene rings is 1. The Hall–Kier alpha value is -1.97. The monoisotopic (exact) mass is 214 g/mol. The van der Waals surface area contributed by atoms with Gasteiger partial charge in [0.1, 0.15) is 5.69 Å². The van der Waals surface area contributed by atoms with Gasteiger partial charge in [-0.1, -0.05) is 18.2 Å². The Morgan fingerprint density at radius 2 is 2.06 bits per heavy atom. The second-order valence-corrected chi connectivity index (χ2v) is 4.12. The fourth-order valence-corrected chi connectivity index (χ4v) is 1.92. The molecule has 1 aliphatic rings. The summed E-state index contributed by atoms with van der Waals surface area (Å²) < 4.78 is 0. The van der Waals surface area contributed by atoms with Crippen molar-refractivity contribution in [3.8, 4) is 0 Å². The lowest BCUT2D eigenvalue weighted by molar-refractivity contribution is -0.385. The van der Waals surface area contributed by atoms with Crippen LogP contribution in [0.1, 0.15) is 24.5 Å². The molecule has 1 fully saturated rings. The number of pyridine rings is 1. The first-order valence-electron chi connectivity index (χ1n) is 5.30. The maximum atomic E-state index is 11.0. The second-order valence-electron chi connectivity index (χ2n) is 4.12. The van der Waals surface area contributed by atoms with E-state index in [0.29, 0.717) is 11.6 Å². The van der Waals surface area contributed by atoms with Gasteiger partial charge in [-0.15, -0.1) is 0 Å². The Kier molecular flexibility index (Phi) is 1.89.